The van der Waals surface area contributed by atoms with E-state index in [9.17, 15) is 0 Å². The van der Waals surface area contributed by atoms with Gasteiger partial charge in [-0.15, -0.1) is 11.3 Å². The Balaban J connectivity index is 2.18. The second kappa shape index (κ2) is 7.39. The molecule has 0 radical (unpaired) electrons. The van der Waals surface area contributed by atoms with Crippen LogP contribution in [0.5, 0.6) is 0 Å². The molecule has 0 saturated carbocycles. The van der Waals surface area contributed by atoms with E-state index in [1.165, 1.54) is 9.35 Å². The highest BCUT2D eigenvalue weighted by Crippen LogP contribution is 2.25. The van der Waals surface area contributed by atoms with Crippen molar-refractivity contribution < 1.29 is 4.74 Å². The van der Waals surface area contributed by atoms with E-state index in [-0.39, 0.29) is 0 Å². The lowest BCUT2D eigenvalue weighted by atomic mass is 10.1. The fourth-order valence-electron chi connectivity index (χ4n) is 1.38. The Labute approximate surface area is 104 Å². The van der Waals surface area contributed by atoms with Crippen LogP contribution < -0.4 is 5.32 Å². The topological polar surface area (TPSA) is 21.3 Å². The summed E-state index contributed by atoms with van der Waals surface area (Å²) >= 11 is 5.38. The third-order valence-electron chi connectivity index (χ3n) is 2.20. The summed E-state index contributed by atoms with van der Waals surface area (Å²) in [5.41, 5.74) is 0. The zero-order valence-electron chi connectivity index (χ0n) is 9.25. The summed E-state index contributed by atoms with van der Waals surface area (Å²) in [7, 11) is 1.73. The molecule has 0 aromatic carbocycles. The van der Waals surface area contributed by atoms with Gasteiger partial charge in [0.05, 0.1) is 6.61 Å². The van der Waals surface area contributed by atoms with Gasteiger partial charge in [-0.1, -0.05) is 6.92 Å². The largest absolute Gasteiger partial charge is 0.383 e. The number of thiophene rings is 1. The van der Waals surface area contributed by atoms with Crippen molar-refractivity contribution in [1.82, 2.24) is 5.32 Å². The molecule has 86 valence electrons. The minimum atomic E-state index is 0.664. The Hall–Kier alpha value is 0.100. The highest BCUT2D eigenvalue weighted by molar-refractivity contribution is 9.10. The summed E-state index contributed by atoms with van der Waals surface area (Å²) in [5.74, 6) is 0.664. The van der Waals surface area contributed by atoms with Crippen molar-refractivity contribution >= 4 is 27.3 Å². The molecule has 1 rings (SSSR count). The van der Waals surface area contributed by atoms with Crippen LogP contribution in [-0.4, -0.2) is 26.8 Å². The van der Waals surface area contributed by atoms with Crippen molar-refractivity contribution in [3.63, 3.8) is 0 Å². The molecule has 0 amide bonds. The Morgan fingerprint density at radius 1 is 1.60 bits per heavy atom. The van der Waals surface area contributed by atoms with E-state index in [1.807, 2.05) is 11.3 Å². The number of nitrogens with one attached hydrogen (secondary N) is 1. The summed E-state index contributed by atoms with van der Waals surface area (Å²) < 4.78 is 6.23. The van der Waals surface area contributed by atoms with Gasteiger partial charge >= 0.3 is 0 Å². The number of halogens is 1. The van der Waals surface area contributed by atoms with Crippen molar-refractivity contribution in [3.8, 4) is 0 Å². The molecule has 1 N–H and O–H groups in total. The van der Waals surface area contributed by atoms with Crippen molar-refractivity contribution in [2.24, 2.45) is 5.92 Å². The Bertz CT molecular complexity index is 277. The van der Waals surface area contributed by atoms with Crippen LogP contribution in [-0.2, 0) is 11.2 Å². The van der Waals surface area contributed by atoms with E-state index in [0.717, 1.165) is 26.1 Å². The van der Waals surface area contributed by atoms with Gasteiger partial charge in [-0.2, -0.15) is 0 Å². The van der Waals surface area contributed by atoms with Gasteiger partial charge in [0.1, 0.15) is 0 Å². The van der Waals surface area contributed by atoms with E-state index in [4.69, 9.17) is 4.74 Å². The van der Waals surface area contributed by atoms with Gasteiger partial charge in [-0.05, 0) is 46.3 Å². The Kier molecular flexibility index (Phi) is 6.48. The molecule has 2 nitrogen and oxygen atoms in total. The zero-order valence-corrected chi connectivity index (χ0v) is 11.7. The first-order valence-corrected chi connectivity index (χ1v) is 6.82. The van der Waals surface area contributed by atoms with E-state index in [2.05, 4.69) is 39.6 Å². The van der Waals surface area contributed by atoms with Crippen molar-refractivity contribution in [3.05, 3.63) is 20.8 Å². The van der Waals surface area contributed by atoms with Crippen LogP contribution in [0.2, 0.25) is 0 Å². The van der Waals surface area contributed by atoms with E-state index in [0.29, 0.717) is 5.92 Å². The first-order chi connectivity index (χ1) is 7.24. The van der Waals surface area contributed by atoms with Gasteiger partial charge in [-0.25, -0.2) is 0 Å². The molecule has 0 spiro atoms. The lowest BCUT2D eigenvalue weighted by Gasteiger charge is -2.11. The highest BCUT2D eigenvalue weighted by atomic mass is 79.9. The lowest BCUT2D eigenvalue weighted by molar-refractivity contribution is 0.198. The third-order valence-corrected chi connectivity index (χ3v) is 4.15. The maximum atomic E-state index is 4.98. The van der Waals surface area contributed by atoms with Crippen LogP contribution in [0.3, 0.4) is 0 Å². The molecule has 0 aliphatic carbocycles. The average molecular weight is 292 g/mol. The fourth-order valence-corrected chi connectivity index (χ4v) is 3.06. The molecular weight excluding hydrogens is 274 g/mol. The summed E-state index contributed by atoms with van der Waals surface area (Å²) in [6.45, 7) is 5.04. The molecule has 1 heterocycles. The van der Waals surface area contributed by atoms with E-state index in [1.54, 1.807) is 7.11 Å². The summed E-state index contributed by atoms with van der Waals surface area (Å²) in [4.78, 5) is 1.44. The Morgan fingerprint density at radius 2 is 2.40 bits per heavy atom. The van der Waals surface area contributed by atoms with Gasteiger partial charge < -0.3 is 10.1 Å². The molecule has 1 atom stereocenters. The minimum Gasteiger partial charge on any atom is -0.383 e. The molecular formula is C11H18BrNOS. The maximum absolute atomic E-state index is 4.98. The molecule has 1 aromatic heterocycles. The van der Waals surface area contributed by atoms with Crippen LogP contribution in [0.15, 0.2) is 15.9 Å². The minimum absolute atomic E-state index is 0.664. The Morgan fingerprint density at radius 3 is 3.00 bits per heavy atom. The van der Waals surface area contributed by atoms with Gasteiger partial charge in [-0.3, -0.25) is 0 Å². The van der Waals surface area contributed by atoms with Crippen molar-refractivity contribution in [2.45, 2.75) is 13.3 Å². The van der Waals surface area contributed by atoms with E-state index < -0.39 is 0 Å². The number of methoxy groups -OCH3 is 1. The van der Waals surface area contributed by atoms with Crippen LogP contribution in [0, 0.1) is 5.92 Å². The zero-order chi connectivity index (χ0) is 11.1. The van der Waals surface area contributed by atoms with Gasteiger partial charge in [0.25, 0.3) is 0 Å². The normalized spacial score (nSPS) is 13.0. The second-order valence-corrected chi connectivity index (χ2v) is 5.55. The van der Waals surface area contributed by atoms with Gasteiger partial charge in [0.15, 0.2) is 0 Å². The quantitative estimate of drug-likeness (QED) is 0.780. The molecule has 15 heavy (non-hydrogen) atoms. The highest BCUT2D eigenvalue weighted by Gasteiger charge is 2.07. The molecule has 0 saturated heterocycles. The standard InChI is InChI=1S/C11H18BrNOS/c1-9(8-13-4-5-14-2)7-11-10(12)3-6-15-11/h3,6,9,13H,4-5,7-8H2,1-2H3. The molecule has 1 aromatic rings. The summed E-state index contributed by atoms with van der Waals surface area (Å²) in [6.07, 6.45) is 1.14. The van der Waals surface area contributed by atoms with Gasteiger partial charge in [0.2, 0.25) is 0 Å². The number of ether oxygens (including phenoxy) is 1. The van der Waals surface area contributed by atoms with Crippen LogP contribution in [0.4, 0.5) is 0 Å². The number of hydrogen-bond donors (Lipinski definition) is 1. The third kappa shape index (κ3) is 5.11. The predicted octanol–water partition coefficient (Wildman–Crippen LogP) is 2.93. The molecule has 1 unspecified atom stereocenters. The van der Waals surface area contributed by atoms with Crippen molar-refractivity contribution in [1.29, 1.82) is 0 Å². The number of rotatable bonds is 7. The second-order valence-electron chi connectivity index (χ2n) is 3.70. The molecule has 4 heteroatoms. The van der Waals surface area contributed by atoms with Crippen molar-refractivity contribution in [2.75, 3.05) is 26.8 Å². The molecule has 0 fully saturated rings. The number of hydrogen-bond acceptors (Lipinski definition) is 3. The summed E-state index contributed by atoms with van der Waals surface area (Å²) in [5, 5.41) is 5.51. The smallest absolute Gasteiger partial charge is 0.0587 e. The first-order valence-electron chi connectivity index (χ1n) is 5.15. The first kappa shape index (κ1) is 13.2. The average Bonchev–Trinajstić information content (AvgIpc) is 2.59. The fraction of sp³-hybridized carbons (Fsp3) is 0.636. The molecule has 0 aliphatic heterocycles. The predicted molar refractivity (Wildman–Crippen MR) is 69.6 cm³/mol. The van der Waals surface area contributed by atoms with Gasteiger partial charge in [0, 0.05) is 23.0 Å². The van der Waals surface area contributed by atoms with Crippen LogP contribution >= 0.6 is 27.3 Å². The van der Waals surface area contributed by atoms with E-state index >= 15 is 0 Å². The van der Waals surface area contributed by atoms with Crippen LogP contribution in [0.1, 0.15) is 11.8 Å². The SMILES string of the molecule is COCCNCC(C)Cc1sccc1Br. The monoisotopic (exact) mass is 291 g/mol. The van der Waals surface area contributed by atoms with Crippen LogP contribution in [0.25, 0.3) is 0 Å². The molecule has 0 bridgehead atoms. The molecule has 0 aliphatic rings. The lowest BCUT2D eigenvalue weighted by Crippen LogP contribution is -2.25. The maximum Gasteiger partial charge on any atom is 0.0587 e. The summed E-state index contributed by atoms with van der Waals surface area (Å²) in [6, 6.07) is 2.12.